The van der Waals surface area contributed by atoms with Crippen molar-refractivity contribution in [3.05, 3.63) is 16.6 Å². The molecule has 0 saturated heterocycles. The van der Waals surface area contributed by atoms with Crippen LogP contribution in [0.3, 0.4) is 0 Å². The van der Waals surface area contributed by atoms with Gasteiger partial charge in [-0.25, -0.2) is 14.3 Å². The van der Waals surface area contributed by atoms with Crippen molar-refractivity contribution >= 4 is 22.0 Å². The lowest BCUT2D eigenvalue weighted by Crippen LogP contribution is -2.26. The van der Waals surface area contributed by atoms with Crippen LogP contribution in [0.15, 0.2) is 10.9 Å². The van der Waals surface area contributed by atoms with Gasteiger partial charge in [0.1, 0.15) is 17.9 Å². The van der Waals surface area contributed by atoms with E-state index in [-0.39, 0.29) is 10.3 Å². The van der Waals surface area contributed by atoms with Crippen molar-refractivity contribution in [2.45, 2.75) is 33.2 Å². The lowest BCUT2D eigenvalue weighted by molar-refractivity contribution is 0.0533. The summed E-state index contributed by atoms with van der Waals surface area (Å²) in [6, 6.07) is 0. The Hall–Kier alpha value is -0.840. The summed E-state index contributed by atoms with van der Waals surface area (Å²) < 4.78 is 35.0. The molecule has 1 aromatic rings. The molecule has 0 atom stereocenters. The fraction of sp³-hybridized carbons (Fsp3) is 0.556. The van der Waals surface area contributed by atoms with E-state index in [9.17, 15) is 4.79 Å². The maximum Gasteiger partial charge on any atom is 0.420 e. The molecule has 1 rings (SSSR count). The number of aryl methyl sites for hydroxylation is 1. The molecule has 0 spiro atoms. The van der Waals surface area contributed by atoms with Crippen molar-refractivity contribution in [3.8, 4) is 0 Å². The van der Waals surface area contributed by atoms with Gasteiger partial charge in [0.15, 0.2) is 0 Å². The number of ether oxygens (including phenoxy) is 1. The van der Waals surface area contributed by atoms with Gasteiger partial charge in [-0.3, -0.25) is 0 Å². The molecule has 5 heteroatoms. The third kappa shape index (κ3) is 2.57. The Morgan fingerprint density at radius 3 is 2.86 bits per heavy atom. The van der Waals surface area contributed by atoms with E-state index in [0.717, 1.165) is 4.57 Å². The number of imidazole rings is 1. The van der Waals surface area contributed by atoms with Crippen molar-refractivity contribution in [2.24, 2.45) is 0 Å². The number of aromatic nitrogens is 2. The zero-order valence-corrected chi connectivity index (χ0v) is 9.67. The monoisotopic (exact) mass is 264 g/mol. The van der Waals surface area contributed by atoms with Crippen molar-refractivity contribution in [2.75, 3.05) is 0 Å². The van der Waals surface area contributed by atoms with Crippen LogP contribution in [0.2, 0.25) is 0 Å². The second kappa shape index (κ2) is 3.73. The summed E-state index contributed by atoms with van der Waals surface area (Å²) in [7, 11) is 0. The molecule has 0 unspecified atom stereocenters. The molecule has 78 valence electrons. The van der Waals surface area contributed by atoms with Gasteiger partial charge >= 0.3 is 6.09 Å². The van der Waals surface area contributed by atoms with E-state index in [1.54, 1.807) is 20.8 Å². The smallest absolute Gasteiger partial charge is 0.420 e. The maximum atomic E-state index is 11.8. The Balaban J connectivity index is 3.19. The van der Waals surface area contributed by atoms with Crippen molar-refractivity contribution in [3.63, 3.8) is 0 Å². The molecule has 0 aliphatic heterocycles. The minimum Gasteiger partial charge on any atom is -0.443 e. The average Bonchev–Trinajstić information content (AvgIpc) is 2.37. The summed E-state index contributed by atoms with van der Waals surface area (Å²) in [5.41, 5.74) is -1.08. The Bertz CT molecular complexity index is 476. The molecule has 0 amide bonds. The molecule has 0 fully saturated rings. The van der Waals surface area contributed by atoms with E-state index in [1.807, 2.05) is 0 Å². The lowest BCUT2D eigenvalue weighted by atomic mass is 10.2. The zero-order valence-electron chi connectivity index (χ0n) is 12.1. The molecule has 14 heavy (non-hydrogen) atoms. The quantitative estimate of drug-likeness (QED) is 0.724. The highest BCUT2D eigenvalue weighted by atomic mass is 79.9. The number of hydrogen-bond donors (Lipinski definition) is 0. The van der Waals surface area contributed by atoms with E-state index in [4.69, 9.17) is 10.2 Å². The fourth-order valence-corrected chi connectivity index (χ4v) is 1.04. The molecule has 0 N–H and O–H groups in total. The van der Waals surface area contributed by atoms with Crippen LogP contribution in [0.1, 0.15) is 31.9 Å². The largest absolute Gasteiger partial charge is 0.443 e. The van der Waals surface area contributed by atoms with Gasteiger partial charge in [-0.05, 0) is 43.6 Å². The molecular formula is C9H13BrN2O2. The Morgan fingerprint density at radius 2 is 2.43 bits per heavy atom. The first-order chi connectivity index (χ1) is 7.93. The Labute approximate surface area is 97.0 Å². The van der Waals surface area contributed by atoms with Crippen LogP contribution in [0.25, 0.3) is 0 Å². The third-order valence-corrected chi connectivity index (χ3v) is 1.96. The highest BCUT2D eigenvalue weighted by Crippen LogP contribution is 2.16. The first-order valence-corrected chi connectivity index (χ1v) is 4.71. The van der Waals surface area contributed by atoms with E-state index < -0.39 is 24.8 Å². The molecule has 4 nitrogen and oxygen atoms in total. The minimum absolute atomic E-state index is 0.0817. The average molecular weight is 265 g/mol. The van der Waals surface area contributed by atoms with Gasteiger partial charge in [-0.1, -0.05) is 0 Å². The van der Waals surface area contributed by atoms with E-state index >= 15 is 0 Å². The van der Waals surface area contributed by atoms with Gasteiger partial charge < -0.3 is 4.74 Å². The van der Waals surface area contributed by atoms with Crippen LogP contribution in [0.4, 0.5) is 4.79 Å². The van der Waals surface area contributed by atoms with Gasteiger partial charge in [-0.2, -0.15) is 0 Å². The number of carbonyl (C=O) groups is 1. The molecule has 0 bridgehead atoms. The summed E-state index contributed by atoms with van der Waals surface area (Å²) in [6.07, 6.45) is -1.33. The molecule has 0 aliphatic carbocycles. The van der Waals surface area contributed by atoms with Gasteiger partial charge in [0.05, 0.1) is 5.69 Å². The minimum atomic E-state index is -2.50. The van der Waals surface area contributed by atoms with E-state index in [2.05, 4.69) is 20.9 Å². The van der Waals surface area contributed by atoms with Crippen LogP contribution in [0.5, 0.6) is 0 Å². The standard InChI is InChI=1S/C9H13BrN2O2/c1-6-7(10)12(5-11-6)8(13)14-9(2,3)4/h5H,1-4H3/i1D3,5D. The number of carbonyl (C=O) groups excluding carboxylic acids is 1. The van der Waals surface area contributed by atoms with Crippen molar-refractivity contribution < 1.29 is 15.0 Å². The Kier molecular flexibility index (Phi) is 1.76. The first kappa shape index (κ1) is 6.61. The Morgan fingerprint density at radius 1 is 1.79 bits per heavy atom. The third-order valence-electron chi connectivity index (χ3n) is 1.23. The lowest BCUT2D eigenvalue weighted by Gasteiger charge is -2.19. The second-order valence-electron chi connectivity index (χ2n) is 3.67. The summed E-state index contributed by atoms with van der Waals surface area (Å²) in [4.78, 5) is 15.4. The molecule has 0 radical (unpaired) electrons. The summed E-state index contributed by atoms with van der Waals surface area (Å²) in [6.45, 7) is 2.51. The van der Waals surface area contributed by atoms with Gasteiger partial charge in [0.25, 0.3) is 0 Å². The molecule has 1 aromatic heterocycles. The normalized spacial score (nSPS) is 16.6. The molecule has 0 aliphatic rings. The maximum absolute atomic E-state index is 11.8. The van der Waals surface area contributed by atoms with Crippen molar-refractivity contribution in [1.82, 2.24) is 9.55 Å². The van der Waals surface area contributed by atoms with Gasteiger partial charge in [0.2, 0.25) is 0 Å². The summed E-state index contributed by atoms with van der Waals surface area (Å²) in [5.74, 6) is 0. The number of hydrogen-bond acceptors (Lipinski definition) is 3. The number of halogens is 1. The molecule has 1 heterocycles. The molecule has 0 saturated carbocycles. The molecular weight excluding hydrogens is 248 g/mol. The van der Waals surface area contributed by atoms with E-state index in [1.165, 1.54) is 0 Å². The fourth-order valence-electron chi connectivity index (χ4n) is 0.724. The van der Waals surface area contributed by atoms with E-state index in [0.29, 0.717) is 0 Å². The highest BCUT2D eigenvalue weighted by Gasteiger charge is 2.19. The predicted molar refractivity (Wildman–Crippen MR) is 56.3 cm³/mol. The summed E-state index contributed by atoms with van der Waals surface area (Å²) >= 11 is 2.97. The van der Waals surface area contributed by atoms with Crippen LogP contribution < -0.4 is 0 Å². The predicted octanol–water partition coefficient (Wildman–Crippen LogP) is 2.74. The van der Waals surface area contributed by atoms with Crippen LogP contribution in [-0.4, -0.2) is 21.2 Å². The van der Waals surface area contributed by atoms with Crippen molar-refractivity contribution in [1.29, 1.82) is 0 Å². The highest BCUT2D eigenvalue weighted by molar-refractivity contribution is 9.10. The molecule has 0 aromatic carbocycles. The SMILES string of the molecule is [2H]c1nc(C([2H])([2H])[2H])c(Br)n1C(=O)OC(C)(C)C. The second-order valence-corrected chi connectivity index (χ2v) is 4.42. The summed E-state index contributed by atoms with van der Waals surface area (Å²) in [5, 5.41) is 0. The van der Waals surface area contributed by atoms with Crippen LogP contribution >= 0.6 is 15.9 Å². The van der Waals surface area contributed by atoms with Crippen LogP contribution in [-0.2, 0) is 4.74 Å². The topological polar surface area (TPSA) is 44.1 Å². The van der Waals surface area contributed by atoms with Crippen LogP contribution in [0, 0.1) is 6.85 Å². The zero-order chi connectivity index (χ0) is 14.3. The first-order valence-electron chi connectivity index (χ1n) is 5.92. The number of nitrogens with zero attached hydrogens (tertiary/aromatic N) is 2. The number of rotatable bonds is 0. The van der Waals surface area contributed by atoms with Gasteiger partial charge in [0, 0.05) is 4.11 Å². The van der Waals surface area contributed by atoms with Gasteiger partial charge in [-0.15, -0.1) is 0 Å².